The lowest BCUT2D eigenvalue weighted by Crippen LogP contribution is -2.40. The summed E-state index contributed by atoms with van der Waals surface area (Å²) in [5, 5.41) is 3.17. The number of fused-ring (bicyclic) bond motifs is 1. The van der Waals surface area contributed by atoms with Gasteiger partial charge in [-0.25, -0.2) is 0 Å². The Balaban J connectivity index is 2.57. The van der Waals surface area contributed by atoms with Crippen LogP contribution < -0.4 is 9.50 Å². The van der Waals surface area contributed by atoms with E-state index in [-0.39, 0.29) is 10.9 Å². The second-order valence-corrected chi connectivity index (χ2v) is 7.92. The zero-order valence-corrected chi connectivity index (χ0v) is 14.5. The van der Waals surface area contributed by atoms with Crippen LogP contribution in [0.4, 0.5) is 13.2 Å². The Kier molecular flexibility index (Phi) is 4.73. The number of rotatable bonds is 3. The van der Waals surface area contributed by atoms with Crippen LogP contribution in [0, 0.1) is 0 Å². The van der Waals surface area contributed by atoms with Gasteiger partial charge in [0.05, 0.1) is 0 Å². The quantitative estimate of drug-likeness (QED) is 0.657. The minimum Gasteiger partial charge on any atom is -0.375 e. The molecule has 0 aliphatic heterocycles. The summed E-state index contributed by atoms with van der Waals surface area (Å²) < 4.78 is 64.7. The van der Waals surface area contributed by atoms with Crippen LogP contribution in [-0.2, 0) is 10.1 Å². The fraction of sp³-hybridized carbons (Fsp3) is 0.312. The summed E-state index contributed by atoms with van der Waals surface area (Å²) in [7, 11) is -5.85. The van der Waals surface area contributed by atoms with Crippen molar-refractivity contribution in [3.63, 3.8) is 0 Å². The molecule has 0 aromatic heterocycles. The molecule has 0 bridgehead atoms. The smallest absolute Gasteiger partial charge is 0.375 e. The van der Waals surface area contributed by atoms with E-state index in [9.17, 15) is 26.4 Å². The molecule has 2 aromatic carbocycles. The molecule has 0 fully saturated rings. The number of alkyl halides is 3. The Morgan fingerprint density at radius 2 is 1.68 bits per heavy atom. The van der Waals surface area contributed by atoms with Gasteiger partial charge in [-0.15, -0.1) is 0 Å². The van der Waals surface area contributed by atoms with Crippen molar-refractivity contribution in [2.45, 2.75) is 31.8 Å². The van der Waals surface area contributed by atoms with Gasteiger partial charge in [-0.1, -0.05) is 24.3 Å². The fourth-order valence-electron chi connectivity index (χ4n) is 2.05. The molecule has 0 spiro atoms. The molecule has 0 aliphatic carbocycles. The highest BCUT2D eigenvalue weighted by Crippen LogP contribution is 2.33. The third-order valence-electron chi connectivity index (χ3n) is 3.06. The van der Waals surface area contributed by atoms with Gasteiger partial charge >= 0.3 is 15.6 Å². The molecular weight excluding hydrogens is 359 g/mol. The van der Waals surface area contributed by atoms with Gasteiger partial charge in [0.25, 0.3) is 5.91 Å². The Bertz CT molecular complexity index is 915. The van der Waals surface area contributed by atoms with Gasteiger partial charge in [-0.05, 0) is 38.3 Å². The molecule has 0 saturated heterocycles. The van der Waals surface area contributed by atoms with Gasteiger partial charge < -0.3 is 9.50 Å². The summed E-state index contributed by atoms with van der Waals surface area (Å²) in [6.07, 6.45) is 0. The van der Waals surface area contributed by atoms with Crippen molar-refractivity contribution in [3.05, 3.63) is 42.0 Å². The van der Waals surface area contributed by atoms with Crippen molar-refractivity contribution in [1.29, 1.82) is 0 Å². The molecule has 0 unspecified atom stereocenters. The Hall–Kier alpha value is -2.29. The number of nitrogens with one attached hydrogen (secondary N) is 1. The molecule has 0 saturated carbocycles. The number of hydrogen-bond acceptors (Lipinski definition) is 4. The number of benzene rings is 2. The summed E-state index contributed by atoms with van der Waals surface area (Å²) >= 11 is 0. The van der Waals surface area contributed by atoms with E-state index in [0.717, 1.165) is 6.07 Å². The van der Waals surface area contributed by atoms with E-state index in [2.05, 4.69) is 9.50 Å². The van der Waals surface area contributed by atoms with Gasteiger partial charge in [0.15, 0.2) is 5.75 Å². The Labute approximate surface area is 142 Å². The van der Waals surface area contributed by atoms with Crippen LogP contribution in [0.1, 0.15) is 31.1 Å². The molecule has 2 aromatic rings. The van der Waals surface area contributed by atoms with Gasteiger partial charge in [0.1, 0.15) is 0 Å². The highest BCUT2D eigenvalue weighted by Gasteiger charge is 2.48. The molecule has 0 atom stereocenters. The maximum absolute atomic E-state index is 12.6. The van der Waals surface area contributed by atoms with Gasteiger partial charge in [-0.3, -0.25) is 4.79 Å². The first-order valence-corrected chi connectivity index (χ1v) is 8.57. The molecular formula is C16H16F3NO4S. The number of carbonyl (C=O) groups excluding carboxylic acids is 1. The highest BCUT2D eigenvalue weighted by molar-refractivity contribution is 7.88. The first-order valence-electron chi connectivity index (χ1n) is 7.16. The third kappa shape index (κ3) is 4.41. The Morgan fingerprint density at radius 1 is 1.08 bits per heavy atom. The van der Waals surface area contributed by atoms with Crippen LogP contribution in [0.15, 0.2) is 36.4 Å². The van der Waals surface area contributed by atoms with Gasteiger partial charge in [0.2, 0.25) is 0 Å². The average Bonchev–Trinajstić information content (AvgIpc) is 2.43. The van der Waals surface area contributed by atoms with E-state index >= 15 is 0 Å². The van der Waals surface area contributed by atoms with Crippen LogP contribution in [0.2, 0.25) is 0 Å². The van der Waals surface area contributed by atoms with E-state index in [1.807, 2.05) is 0 Å². The summed E-state index contributed by atoms with van der Waals surface area (Å²) in [6.45, 7) is 5.20. The average molecular weight is 375 g/mol. The number of halogens is 3. The van der Waals surface area contributed by atoms with E-state index < -0.39 is 32.8 Å². The van der Waals surface area contributed by atoms with Crippen molar-refractivity contribution in [2.24, 2.45) is 0 Å². The van der Waals surface area contributed by atoms with Crippen LogP contribution in [0.5, 0.6) is 5.75 Å². The third-order valence-corrected chi connectivity index (χ3v) is 4.02. The molecule has 1 amide bonds. The topological polar surface area (TPSA) is 72.5 Å². The van der Waals surface area contributed by atoms with Crippen molar-refractivity contribution >= 4 is 26.8 Å². The highest BCUT2D eigenvalue weighted by atomic mass is 32.2. The van der Waals surface area contributed by atoms with Crippen LogP contribution >= 0.6 is 0 Å². The maximum atomic E-state index is 12.6. The minimum atomic E-state index is -5.85. The molecule has 9 heteroatoms. The van der Waals surface area contributed by atoms with Crippen LogP contribution in [0.3, 0.4) is 0 Å². The summed E-state index contributed by atoms with van der Waals surface area (Å²) in [6, 6.07) is 8.49. The second kappa shape index (κ2) is 6.21. The predicted octanol–water partition coefficient (Wildman–Crippen LogP) is 3.60. The number of carbonyl (C=O) groups is 1. The van der Waals surface area contributed by atoms with Crippen LogP contribution in [-0.4, -0.2) is 25.4 Å². The lowest BCUT2D eigenvalue weighted by Gasteiger charge is -2.21. The predicted molar refractivity (Wildman–Crippen MR) is 86.8 cm³/mol. The lowest BCUT2D eigenvalue weighted by atomic mass is 10.0. The van der Waals surface area contributed by atoms with Crippen LogP contribution in [0.25, 0.3) is 10.8 Å². The molecule has 0 aliphatic rings. The standard InChI is InChI=1S/C16H16F3NO4S/c1-15(2,3)20-14(21)11-8-10-6-4-5-7-12(10)13(9-11)24-25(22,23)16(17,18)19/h4-9H,1-3H3,(H,20,21). The van der Waals surface area contributed by atoms with Gasteiger partial charge in [0, 0.05) is 16.5 Å². The van der Waals surface area contributed by atoms with Gasteiger partial charge in [-0.2, -0.15) is 21.6 Å². The molecule has 0 heterocycles. The molecule has 136 valence electrons. The van der Waals surface area contributed by atoms with Crippen molar-refractivity contribution < 1.29 is 30.6 Å². The normalized spacial score (nSPS) is 12.9. The van der Waals surface area contributed by atoms with E-state index in [1.54, 1.807) is 26.8 Å². The first-order chi connectivity index (χ1) is 11.3. The summed E-state index contributed by atoms with van der Waals surface area (Å²) in [4.78, 5) is 12.3. The number of amides is 1. The lowest BCUT2D eigenvalue weighted by molar-refractivity contribution is -0.0499. The van der Waals surface area contributed by atoms with Crippen molar-refractivity contribution in [2.75, 3.05) is 0 Å². The second-order valence-electron chi connectivity index (χ2n) is 6.38. The van der Waals surface area contributed by atoms with E-state index in [4.69, 9.17) is 0 Å². The molecule has 0 radical (unpaired) electrons. The van der Waals surface area contributed by atoms with Crippen molar-refractivity contribution in [3.8, 4) is 5.75 Å². The summed E-state index contributed by atoms with van der Waals surface area (Å²) in [5.74, 6) is -1.12. The monoisotopic (exact) mass is 375 g/mol. The largest absolute Gasteiger partial charge is 0.534 e. The van der Waals surface area contributed by atoms with E-state index in [1.165, 1.54) is 24.3 Å². The van der Waals surface area contributed by atoms with Crippen molar-refractivity contribution in [1.82, 2.24) is 5.32 Å². The first kappa shape index (κ1) is 19.0. The minimum absolute atomic E-state index is 0.0130. The molecule has 1 N–H and O–H groups in total. The SMILES string of the molecule is CC(C)(C)NC(=O)c1cc(OS(=O)(=O)C(F)(F)F)c2ccccc2c1. The maximum Gasteiger partial charge on any atom is 0.534 e. The molecule has 2 rings (SSSR count). The molecule has 5 nitrogen and oxygen atoms in total. The van der Waals surface area contributed by atoms with E-state index in [0.29, 0.717) is 5.39 Å². The zero-order chi connectivity index (χ0) is 19.0. The molecule has 25 heavy (non-hydrogen) atoms. The Morgan fingerprint density at radius 3 is 2.24 bits per heavy atom. The zero-order valence-electron chi connectivity index (χ0n) is 13.6. The number of hydrogen-bond donors (Lipinski definition) is 1. The fourth-order valence-corrected chi connectivity index (χ4v) is 2.52. The summed E-state index contributed by atoms with van der Waals surface area (Å²) in [5.41, 5.74) is -6.17.